The molecule has 0 saturated carbocycles. The summed E-state index contributed by atoms with van der Waals surface area (Å²) >= 11 is 5.95. The summed E-state index contributed by atoms with van der Waals surface area (Å²) in [6.45, 7) is 5.89. The molecule has 13 heavy (non-hydrogen) atoms. The quantitative estimate of drug-likeness (QED) is 0.773. The summed E-state index contributed by atoms with van der Waals surface area (Å²) in [5.41, 5.74) is 3.07. The average Bonchev–Trinajstić information content (AvgIpc) is 2.10. The smallest absolute Gasteiger partial charge is 0.0790 e. The van der Waals surface area contributed by atoms with E-state index >= 15 is 0 Å². The largest absolute Gasteiger partial charge is 0.388 e. The molecule has 0 fully saturated rings. The van der Waals surface area contributed by atoms with E-state index in [1.54, 1.807) is 0 Å². The van der Waals surface area contributed by atoms with Gasteiger partial charge in [-0.3, -0.25) is 0 Å². The van der Waals surface area contributed by atoms with Crippen LogP contribution in [0.15, 0.2) is 12.1 Å². The van der Waals surface area contributed by atoms with Gasteiger partial charge in [-0.25, -0.2) is 0 Å². The molecule has 1 rings (SSSR count). The Kier molecular flexibility index (Phi) is 3.34. The van der Waals surface area contributed by atoms with Crippen LogP contribution in [0.5, 0.6) is 0 Å². The molecule has 1 N–H and O–H groups in total. The van der Waals surface area contributed by atoms with Crippen molar-refractivity contribution in [2.24, 2.45) is 0 Å². The van der Waals surface area contributed by atoms with Crippen molar-refractivity contribution < 1.29 is 5.11 Å². The lowest BCUT2D eigenvalue weighted by molar-refractivity contribution is 0.173. The minimum Gasteiger partial charge on any atom is -0.388 e. The number of aliphatic hydroxyl groups excluding tert-OH is 1. The average molecular weight is 199 g/mol. The van der Waals surface area contributed by atoms with Crippen LogP contribution in [0.4, 0.5) is 0 Å². The maximum Gasteiger partial charge on any atom is 0.0790 e. The first-order valence-electron chi connectivity index (χ1n) is 4.51. The van der Waals surface area contributed by atoms with Gasteiger partial charge in [-0.1, -0.05) is 24.6 Å². The third-order valence-corrected chi connectivity index (χ3v) is 2.70. The monoisotopic (exact) mass is 198 g/mol. The maximum absolute atomic E-state index is 9.68. The van der Waals surface area contributed by atoms with Crippen LogP contribution in [0.3, 0.4) is 0 Å². The van der Waals surface area contributed by atoms with E-state index in [4.69, 9.17) is 11.6 Å². The zero-order chi connectivity index (χ0) is 10.0. The van der Waals surface area contributed by atoms with Gasteiger partial charge in [0.25, 0.3) is 0 Å². The summed E-state index contributed by atoms with van der Waals surface area (Å²) in [5.74, 6) is 0. The second-order valence-electron chi connectivity index (χ2n) is 3.38. The highest BCUT2D eigenvalue weighted by Crippen LogP contribution is 2.26. The fraction of sp³-hybridized carbons (Fsp3) is 0.455. The lowest BCUT2D eigenvalue weighted by Gasteiger charge is -2.13. The third kappa shape index (κ3) is 2.23. The standard InChI is InChI=1S/C11H15ClO/c1-4-11(13)9-5-8(3)10(12)6-7(9)2/h5-6,11,13H,4H2,1-3H3. The molecule has 0 aliphatic carbocycles. The van der Waals surface area contributed by atoms with Crippen molar-refractivity contribution in [3.05, 3.63) is 33.8 Å². The second kappa shape index (κ2) is 4.12. The molecular weight excluding hydrogens is 184 g/mol. The van der Waals surface area contributed by atoms with Gasteiger partial charge < -0.3 is 5.11 Å². The molecule has 0 spiro atoms. The number of aliphatic hydroxyl groups is 1. The van der Waals surface area contributed by atoms with Crippen LogP contribution < -0.4 is 0 Å². The Balaban J connectivity index is 3.15. The summed E-state index contributed by atoms with van der Waals surface area (Å²) < 4.78 is 0. The van der Waals surface area contributed by atoms with E-state index in [0.29, 0.717) is 0 Å². The molecule has 1 unspecified atom stereocenters. The van der Waals surface area contributed by atoms with Crippen molar-refractivity contribution in [3.8, 4) is 0 Å². The molecule has 1 aromatic carbocycles. The van der Waals surface area contributed by atoms with E-state index in [9.17, 15) is 5.11 Å². The summed E-state index contributed by atoms with van der Waals surface area (Å²) in [6.07, 6.45) is 0.373. The van der Waals surface area contributed by atoms with Crippen LogP contribution in [-0.4, -0.2) is 5.11 Å². The number of rotatable bonds is 2. The maximum atomic E-state index is 9.68. The highest BCUT2D eigenvalue weighted by molar-refractivity contribution is 6.31. The van der Waals surface area contributed by atoms with Gasteiger partial charge >= 0.3 is 0 Å². The molecule has 0 radical (unpaired) electrons. The van der Waals surface area contributed by atoms with E-state index in [2.05, 4.69) is 0 Å². The van der Waals surface area contributed by atoms with Crippen LogP contribution in [-0.2, 0) is 0 Å². The Bertz CT molecular complexity index is 307. The normalized spacial score (nSPS) is 13.0. The molecule has 0 aromatic heterocycles. The predicted octanol–water partition coefficient (Wildman–Crippen LogP) is 3.40. The molecule has 0 bridgehead atoms. The number of halogens is 1. The van der Waals surface area contributed by atoms with Crippen molar-refractivity contribution in [2.75, 3.05) is 0 Å². The molecule has 0 amide bonds. The first-order chi connectivity index (χ1) is 6.06. The van der Waals surface area contributed by atoms with Crippen molar-refractivity contribution in [1.82, 2.24) is 0 Å². The minimum absolute atomic E-state index is 0.365. The molecule has 1 atom stereocenters. The Labute approximate surface area is 84.4 Å². The Morgan fingerprint density at radius 3 is 2.46 bits per heavy atom. The van der Waals surface area contributed by atoms with Crippen LogP contribution in [0.1, 0.15) is 36.1 Å². The fourth-order valence-corrected chi connectivity index (χ4v) is 1.60. The number of hydrogen-bond donors (Lipinski definition) is 1. The van der Waals surface area contributed by atoms with Crippen LogP contribution >= 0.6 is 11.6 Å². The molecule has 0 aliphatic rings. The number of hydrogen-bond acceptors (Lipinski definition) is 1. The van der Waals surface area contributed by atoms with Crippen molar-refractivity contribution in [1.29, 1.82) is 0 Å². The highest BCUT2D eigenvalue weighted by Gasteiger charge is 2.09. The minimum atomic E-state index is -0.365. The van der Waals surface area contributed by atoms with Gasteiger partial charge in [-0.2, -0.15) is 0 Å². The number of aryl methyl sites for hydroxylation is 2. The first kappa shape index (κ1) is 10.6. The molecule has 1 aromatic rings. The molecule has 1 nitrogen and oxygen atoms in total. The second-order valence-corrected chi connectivity index (χ2v) is 3.79. The lowest BCUT2D eigenvalue weighted by Crippen LogP contribution is -1.99. The zero-order valence-electron chi connectivity index (χ0n) is 8.26. The van der Waals surface area contributed by atoms with Gasteiger partial charge in [0.1, 0.15) is 0 Å². The van der Waals surface area contributed by atoms with Crippen molar-refractivity contribution >= 4 is 11.6 Å². The first-order valence-corrected chi connectivity index (χ1v) is 4.88. The van der Waals surface area contributed by atoms with Gasteiger partial charge in [0.2, 0.25) is 0 Å². The van der Waals surface area contributed by atoms with E-state index in [-0.39, 0.29) is 6.10 Å². The molecule has 0 aliphatic heterocycles. The molecule has 0 heterocycles. The van der Waals surface area contributed by atoms with E-state index in [0.717, 1.165) is 28.1 Å². The third-order valence-electron chi connectivity index (χ3n) is 2.29. The molecule has 0 saturated heterocycles. The Hall–Kier alpha value is -0.530. The van der Waals surface area contributed by atoms with Gasteiger partial charge in [0, 0.05) is 5.02 Å². The predicted molar refractivity (Wildman–Crippen MR) is 56.2 cm³/mol. The SMILES string of the molecule is CCC(O)c1cc(C)c(Cl)cc1C. The van der Waals surface area contributed by atoms with Gasteiger partial charge in [-0.05, 0) is 43.0 Å². The topological polar surface area (TPSA) is 20.2 Å². The van der Waals surface area contributed by atoms with Crippen molar-refractivity contribution in [3.63, 3.8) is 0 Å². The molecule has 72 valence electrons. The zero-order valence-corrected chi connectivity index (χ0v) is 9.02. The lowest BCUT2D eigenvalue weighted by atomic mass is 9.99. The summed E-state index contributed by atoms with van der Waals surface area (Å²) in [5, 5.41) is 10.5. The Morgan fingerprint density at radius 1 is 1.31 bits per heavy atom. The van der Waals surface area contributed by atoms with Crippen molar-refractivity contribution in [2.45, 2.75) is 33.3 Å². The van der Waals surface area contributed by atoms with Gasteiger partial charge in [-0.15, -0.1) is 0 Å². The van der Waals surface area contributed by atoms with E-state index in [1.807, 2.05) is 32.9 Å². The summed E-state index contributed by atoms with van der Waals surface area (Å²) in [7, 11) is 0. The van der Waals surface area contributed by atoms with Crippen LogP contribution in [0, 0.1) is 13.8 Å². The van der Waals surface area contributed by atoms with E-state index in [1.165, 1.54) is 0 Å². The molecule has 2 heteroatoms. The fourth-order valence-electron chi connectivity index (χ4n) is 1.38. The van der Waals surface area contributed by atoms with Crippen LogP contribution in [0.2, 0.25) is 5.02 Å². The van der Waals surface area contributed by atoms with E-state index < -0.39 is 0 Å². The molecular formula is C11H15ClO. The van der Waals surface area contributed by atoms with Gasteiger partial charge in [0.15, 0.2) is 0 Å². The summed E-state index contributed by atoms with van der Waals surface area (Å²) in [6, 6.07) is 3.87. The van der Waals surface area contributed by atoms with Crippen LogP contribution in [0.25, 0.3) is 0 Å². The summed E-state index contributed by atoms with van der Waals surface area (Å²) in [4.78, 5) is 0. The van der Waals surface area contributed by atoms with Gasteiger partial charge in [0.05, 0.1) is 6.10 Å². The Morgan fingerprint density at radius 2 is 1.92 bits per heavy atom. The number of benzene rings is 1. The highest BCUT2D eigenvalue weighted by atomic mass is 35.5.